The Morgan fingerprint density at radius 3 is 2.36 bits per heavy atom. The molecule has 0 saturated heterocycles. The molecule has 0 heterocycles. The van der Waals surface area contributed by atoms with Crippen molar-refractivity contribution in [2.24, 2.45) is 5.92 Å². The fraction of sp³-hybridized carbons (Fsp3) is 1.00. The van der Waals surface area contributed by atoms with Crippen LogP contribution in [0.25, 0.3) is 0 Å². The van der Waals surface area contributed by atoms with Gasteiger partial charge in [0, 0.05) is 12.1 Å². The quantitative estimate of drug-likeness (QED) is 0.684. The van der Waals surface area contributed by atoms with E-state index >= 15 is 0 Å². The first kappa shape index (κ1) is 12.0. The lowest BCUT2D eigenvalue weighted by atomic mass is 10.0. The molecule has 84 valence electrons. The molecule has 3 atom stereocenters. The minimum absolute atomic E-state index is 0.126. The molecule has 2 N–H and O–H groups in total. The molecule has 1 aliphatic carbocycles. The first-order chi connectivity index (χ1) is 6.61. The first-order valence-electron chi connectivity index (χ1n) is 6.05. The molecule has 0 aromatic carbocycles. The Morgan fingerprint density at radius 1 is 1.07 bits per heavy atom. The molecular weight excluding hydrogens is 174 g/mol. The Bertz CT molecular complexity index is 158. The summed E-state index contributed by atoms with van der Waals surface area (Å²) >= 11 is 0. The molecule has 0 amide bonds. The lowest BCUT2D eigenvalue weighted by Gasteiger charge is -2.27. The summed E-state index contributed by atoms with van der Waals surface area (Å²) in [6.07, 6.45) is 5.72. The second-order valence-corrected chi connectivity index (χ2v) is 5.01. The van der Waals surface area contributed by atoms with Crippen LogP contribution in [0.2, 0.25) is 0 Å². The normalized spacial score (nSPS) is 31.5. The number of aliphatic hydroxyl groups is 1. The van der Waals surface area contributed by atoms with Crippen LogP contribution in [-0.2, 0) is 0 Å². The molecule has 2 heteroatoms. The van der Waals surface area contributed by atoms with Crippen molar-refractivity contribution in [3.05, 3.63) is 0 Å². The topological polar surface area (TPSA) is 32.3 Å². The van der Waals surface area contributed by atoms with Gasteiger partial charge in [-0.25, -0.2) is 0 Å². The fourth-order valence-corrected chi connectivity index (χ4v) is 2.01. The van der Waals surface area contributed by atoms with E-state index in [1.165, 1.54) is 19.3 Å². The lowest BCUT2D eigenvalue weighted by molar-refractivity contribution is 0.111. The maximum Gasteiger partial charge on any atom is 0.0693 e. The van der Waals surface area contributed by atoms with Crippen molar-refractivity contribution in [3.8, 4) is 0 Å². The monoisotopic (exact) mass is 199 g/mol. The average molecular weight is 199 g/mol. The van der Waals surface area contributed by atoms with E-state index in [9.17, 15) is 5.11 Å². The zero-order valence-corrected chi connectivity index (χ0v) is 9.79. The van der Waals surface area contributed by atoms with E-state index in [1.807, 2.05) is 0 Å². The summed E-state index contributed by atoms with van der Waals surface area (Å²) < 4.78 is 0. The largest absolute Gasteiger partial charge is 0.392 e. The highest BCUT2D eigenvalue weighted by Crippen LogP contribution is 2.19. The second kappa shape index (κ2) is 5.72. The van der Waals surface area contributed by atoms with Crippen LogP contribution in [0.4, 0.5) is 0 Å². The number of rotatable bonds is 3. The van der Waals surface area contributed by atoms with Gasteiger partial charge in [-0.1, -0.05) is 33.1 Å². The van der Waals surface area contributed by atoms with Gasteiger partial charge in [0.2, 0.25) is 0 Å². The highest BCUT2D eigenvalue weighted by atomic mass is 16.3. The molecule has 1 saturated carbocycles. The van der Waals surface area contributed by atoms with Crippen molar-refractivity contribution < 1.29 is 5.11 Å². The van der Waals surface area contributed by atoms with E-state index in [4.69, 9.17) is 0 Å². The van der Waals surface area contributed by atoms with Crippen LogP contribution in [0.1, 0.15) is 52.9 Å². The molecule has 0 bridgehead atoms. The second-order valence-electron chi connectivity index (χ2n) is 5.01. The Hall–Kier alpha value is -0.0800. The molecule has 0 radical (unpaired) electrons. The van der Waals surface area contributed by atoms with Gasteiger partial charge in [0.15, 0.2) is 0 Å². The van der Waals surface area contributed by atoms with E-state index in [2.05, 4.69) is 26.1 Å². The Balaban J connectivity index is 2.40. The molecule has 2 nitrogen and oxygen atoms in total. The van der Waals surface area contributed by atoms with Crippen molar-refractivity contribution in [2.45, 2.75) is 71.1 Å². The molecule has 14 heavy (non-hydrogen) atoms. The zero-order chi connectivity index (χ0) is 10.6. The molecule has 1 aliphatic rings. The maximum atomic E-state index is 9.92. The van der Waals surface area contributed by atoms with Gasteiger partial charge in [-0.2, -0.15) is 0 Å². The fourth-order valence-electron chi connectivity index (χ4n) is 2.01. The molecule has 0 spiro atoms. The lowest BCUT2D eigenvalue weighted by Crippen LogP contribution is -2.45. The van der Waals surface area contributed by atoms with Gasteiger partial charge in [0.25, 0.3) is 0 Å². The zero-order valence-electron chi connectivity index (χ0n) is 9.79. The number of hydrogen-bond acceptors (Lipinski definition) is 2. The number of hydrogen-bond donors (Lipinski definition) is 2. The summed E-state index contributed by atoms with van der Waals surface area (Å²) in [4.78, 5) is 0. The van der Waals surface area contributed by atoms with Gasteiger partial charge in [-0.05, 0) is 25.7 Å². The van der Waals surface area contributed by atoms with Crippen molar-refractivity contribution >= 4 is 0 Å². The van der Waals surface area contributed by atoms with Crippen molar-refractivity contribution in [1.29, 1.82) is 0 Å². The van der Waals surface area contributed by atoms with E-state index in [-0.39, 0.29) is 6.10 Å². The first-order valence-corrected chi connectivity index (χ1v) is 6.05. The number of nitrogens with one attached hydrogen (secondary N) is 1. The van der Waals surface area contributed by atoms with Gasteiger partial charge in [-0.3, -0.25) is 0 Å². The van der Waals surface area contributed by atoms with Gasteiger partial charge in [0.1, 0.15) is 0 Å². The average Bonchev–Trinajstić information content (AvgIpc) is 2.32. The maximum absolute atomic E-state index is 9.92. The summed E-state index contributed by atoms with van der Waals surface area (Å²) in [6.45, 7) is 6.66. The predicted octanol–water partition coefficient (Wildman–Crippen LogP) is 2.31. The summed E-state index contributed by atoms with van der Waals surface area (Å²) in [5.74, 6) is 0.644. The molecule has 0 aromatic heterocycles. The third-order valence-corrected chi connectivity index (χ3v) is 3.46. The summed E-state index contributed by atoms with van der Waals surface area (Å²) in [6, 6.07) is 0.836. The molecule has 0 aliphatic heterocycles. The van der Waals surface area contributed by atoms with Crippen molar-refractivity contribution in [2.75, 3.05) is 0 Å². The van der Waals surface area contributed by atoms with Crippen LogP contribution in [0.3, 0.4) is 0 Å². The van der Waals surface area contributed by atoms with Crippen molar-refractivity contribution in [1.82, 2.24) is 5.32 Å². The third kappa shape index (κ3) is 3.58. The Morgan fingerprint density at radius 2 is 1.71 bits per heavy atom. The molecule has 1 fully saturated rings. The van der Waals surface area contributed by atoms with Crippen molar-refractivity contribution in [3.63, 3.8) is 0 Å². The highest BCUT2D eigenvalue weighted by Gasteiger charge is 2.23. The van der Waals surface area contributed by atoms with Gasteiger partial charge < -0.3 is 10.4 Å². The highest BCUT2D eigenvalue weighted by molar-refractivity contribution is 4.81. The van der Waals surface area contributed by atoms with Crippen LogP contribution in [0.15, 0.2) is 0 Å². The predicted molar refractivity (Wildman–Crippen MR) is 60.3 cm³/mol. The molecule has 1 rings (SSSR count). The molecule has 3 unspecified atom stereocenters. The van der Waals surface area contributed by atoms with Crippen LogP contribution in [0, 0.1) is 5.92 Å². The number of aliphatic hydroxyl groups excluding tert-OH is 1. The smallest absolute Gasteiger partial charge is 0.0693 e. The van der Waals surface area contributed by atoms with E-state index in [0.717, 1.165) is 12.8 Å². The summed E-state index contributed by atoms with van der Waals surface area (Å²) in [7, 11) is 0. The SMILES string of the molecule is CC(C)C(C)NC1CCCCCC1O. The molecule has 0 aromatic rings. The van der Waals surface area contributed by atoms with E-state index in [0.29, 0.717) is 18.0 Å². The van der Waals surface area contributed by atoms with E-state index in [1.54, 1.807) is 0 Å². The molecular formula is C12H25NO. The van der Waals surface area contributed by atoms with Gasteiger partial charge in [0.05, 0.1) is 6.10 Å². The summed E-state index contributed by atoms with van der Waals surface area (Å²) in [5.41, 5.74) is 0. The van der Waals surface area contributed by atoms with Crippen LogP contribution in [-0.4, -0.2) is 23.3 Å². The van der Waals surface area contributed by atoms with E-state index < -0.39 is 0 Å². The minimum atomic E-state index is -0.126. The van der Waals surface area contributed by atoms with Crippen LogP contribution in [0.5, 0.6) is 0 Å². The Labute approximate surface area is 88.1 Å². The standard InChI is InChI=1S/C12H25NO/c1-9(2)10(3)13-11-7-5-4-6-8-12(11)14/h9-14H,4-8H2,1-3H3. The van der Waals surface area contributed by atoms with Crippen LogP contribution < -0.4 is 5.32 Å². The van der Waals surface area contributed by atoms with Crippen LogP contribution >= 0.6 is 0 Å². The minimum Gasteiger partial charge on any atom is -0.392 e. The summed E-state index contributed by atoms with van der Waals surface area (Å²) in [5, 5.41) is 13.5. The van der Waals surface area contributed by atoms with Gasteiger partial charge >= 0.3 is 0 Å². The Kier molecular flexibility index (Phi) is 4.90. The van der Waals surface area contributed by atoms with Gasteiger partial charge in [-0.15, -0.1) is 0 Å². The third-order valence-electron chi connectivity index (χ3n) is 3.46.